The fourth-order valence-electron chi connectivity index (χ4n) is 4.12. The largest absolute Gasteiger partial charge is 1.20 e. The van der Waals surface area contributed by atoms with E-state index >= 15 is 0 Å². The molecule has 204 valence electrons. The maximum Gasteiger partial charge on any atom is 1.20 e. The van der Waals surface area contributed by atoms with Crippen molar-refractivity contribution in [2.24, 2.45) is 0 Å². The van der Waals surface area contributed by atoms with E-state index in [1.165, 1.54) is 61.5 Å². The first kappa shape index (κ1) is 28.1. The zero-order valence-electron chi connectivity index (χ0n) is 21.7. The Hall–Kier alpha value is -4.46. The van der Waals surface area contributed by atoms with Crippen LogP contribution in [0.4, 0.5) is 0 Å². The van der Waals surface area contributed by atoms with Crippen molar-refractivity contribution >= 4 is 66.1 Å². The van der Waals surface area contributed by atoms with Gasteiger partial charge in [0.1, 0.15) is 0 Å². The minimum atomic E-state index is -3.61. The second kappa shape index (κ2) is 11.2. The van der Waals surface area contributed by atoms with Crippen molar-refractivity contribution in [1.29, 1.82) is 0 Å². The summed E-state index contributed by atoms with van der Waals surface area (Å²) >= 11 is -7.21. The third-order valence-electron chi connectivity index (χ3n) is 6.27. The molecule has 0 saturated heterocycles. The fourth-order valence-corrected chi connectivity index (χ4v) is 6.25. The summed E-state index contributed by atoms with van der Waals surface area (Å²) in [5.74, 6) is -5.13. The molecule has 0 atom stereocenters. The van der Waals surface area contributed by atoms with Crippen molar-refractivity contribution in [3.8, 4) is 0 Å². The first-order chi connectivity index (χ1) is 19.5. The van der Waals surface area contributed by atoms with E-state index in [1.807, 2.05) is 0 Å². The number of hydrogen-bond acceptors (Lipinski definition) is 12. The van der Waals surface area contributed by atoms with E-state index in [4.69, 9.17) is 22.7 Å². The maximum absolute atomic E-state index is 12.9. The van der Waals surface area contributed by atoms with Crippen LogP contribution in [-0.4, -0.2) is 66.1 Å². The molecule has 4 heterocycles. The molecule has 0 unspecified atom stereocenters. The first-order valence-corrected chi connectivity index (χ1v) is 14.9. The third-order valence-corrected chi connectivity index (χ3v) is 8.70. The fraction of sp³-hybridized carbons (Fsp3) is 0.111. The van der Waals surface area contributed by atoms with E-state index in [2.05, 4.69) is 0 Å². The van der Waals surface area contributed by atoms with Crippen molar-refractivity contribution in [1.82, 2.24) is 0 Å². The van der Waals surface area contributed by atoms with Crippen molar-refractivity contribution in [2.75, 3.05) is 0 Å². The van der Waals surface area contributed by atoms with E-state index in [0.29, 0.717) is 11.1 Å². The molecule has 0 aliphatic carbocycles. The van der Waals surface area contributed by atoms with Gasteiger partial charge >= 0.3 is 66.1 Å². The summed E-state index contributed by atoms with van der Waals surface area (Å²) in [6.07, 6.45) is 0. The molecule has 12 nitrogen and oxygen atoms in total. The molecule has 4 aliphatic rings. The zero-order chi connectivity index (χ0) is 29.4. The second-order valence-electron chi connectivity index (χ2n) is 9.10. The van der Waals surface area contributed by atoms with Gasteiger partial charge in [0.05, 0.1) is 33.4 Å². The van der Waals surface area contributed by atoms with Crippen LogP contribution in [0.5, 0.6) is 0 Å². The Balaban J connectivity index is 1.28. The van der Waals surface area contributed by atoms with Gasteiger partial charge in [-0.15, -0.1) is 0 Å². The lowest BCUT2D eigenvalue weighted by atomic mass is 10.1. The SMILES string of the molecule is Cc1cc2ccc1C(=O)[O][Al]([O]C(=O)c1ccc(C(=O)[O][Al]3[O]C(=O)c4ccc(c(C)c4)C(=O)[O]3)c(C)c1)[O]C2=O. The summed E-state index contributed by atoms with van der Waals surface area (Å²) in [5.41, 5.74) is 1.96. The molecule has 7 rings (SSSR count). The summed E-state index contributed by atoms with van der Waals surface area (Å²) < 4.78 is 31.2. The van der Waals surface area contributed by atoms with E-state index in [0.717, 1.165) is 0 Å². The van der Waals surface area contributed by atoms with Crippen molar-refractivity contribution in [2.45, 2.75) is 20.8 Å². The zero-order valence-corrected chi connectivity index (χ0v) is 24.1. The molecule has 4 bridgehead atoms. The lowest BCUT2D eigenvalue weighted by Crippen LogP contribution is -2.34. The van der Waals surface area contributed by atoms with Gasteiger partial charge in [-0.05, 0) is 92.1 Å². The number of carbonyl (C=O) groups is 6. The van der Waals surface area contributed by atoms with Crippen LogP contribution in [-0.2, 0) is 22.7 Å². The van der Waals surface area contributed by atoms with Gasteiger partial charge in [0.15, 0.2) is 0 Å². The maximum atomic E-state index is 12.9. The standard InChI is InChI=1S/3C9H8O4.2Al/c3*1-5-4-6(8(10)11)2-3-7(5)9(12)13;;/h3*2-4H,1H3,(H,10,11)(H,12,13);;/q;;;2*+3/p-6. The lowest BCUT2D eigenvalue weighted by molar-refractivity contribution is 0.0379. The molecule has 4 aliphatic heterocycles. The van der Waals surface area contributed by atoms with Gasteiger partial charge < -0.3 is 22.7 Å². The number of hydrogen-bond donors (Lipinski definition) is 0. The summed E-state index contributed by atoms with van der Waals surface area (Å²) in [4.78, 5) is 75.5. The number of aryl methyl sites for hydroxylation is 3. The van der Waals surface area contributed by atoms with Gasteiger partial charge in [-0.25, -0.2) is 28.8 Å². The summed E-state index contributed by atoms with van der Waals surface area (Å²) in [5, 5.41) is 0. The number of carbonyl (C=O) groups excluding carboxylic acids is 6. The molecule has 3 aromatic carbocycles. The van der Waals surface area contributed by atoms with E-state index in [1.54, 1.807) is 13.8 Å². The average molecular weight is 588 g/mol. The monoisotopic (exact) mass is 588 g/mol. The second-order valence-corrected chi connectivity index (χ2v) is 11.7. The van der Waals surface area contributed by atoms with Crippen LogP contribution in [0.1, 0.15) is 78.8 Å². The summed E-state index contributed by atoms with van der Waals surface area (Å²) in [7, 11) is 0. The van der Waals surface area contributed by atoms with Crippen LogP contribution in [0.3, 0.4) is 0 Å². The average Bonchev–Trinajstić information content (AvgIpc) is 3.04. The molecule has 0 aromatic heterocycles. The van der Waals surface area contributed by atoms with Crippen molar-refractivity contribution in [3.05, 3.63) is 105 Å². The minimum absolute atomic E-state index is 0.00808. The Morgan fingerprint density at radius 2 is 1.02 bits per heavy atom. The smallest absolute Gasteiger partial charge is 0.547 e. The van der Waals surface area contributed by atoms with Gasteiger partial charge in [-0.1, -0.05) is 0 Å². The van der Waals surface area contributed by atoms with Crippen molar-refractivity contribution < 1.29 is 51.5 Å². The summed E-state index contributed by atoms with van der Waals surface area (Å²) in [6, 6.07) is 12.4. The highest BCUT2D eigenvalue weighted by Gasteiger charge is 2.52. The predicted molar refractivity (Wildman–Crippen MR) is 138 cm³/mol. The number of fused-ring (bicyclic) bond motifs is 12. The molecular weight excluding hydrogens is 570 g/mol. The molecule has 0 radical (unpaired) electrons. The lowest BCUT2D eigenvalue weighted by Gasteiger charge is -2.14. The molecule has 0 N–H and O–H groups in total. The normalized spacial score (nSPS) is 14.3. The van der Waals surface area contributed by atoms with E-state index in [-0.39, 0.29) is 38.9 Å². The quantitative estimate of drug-likeness (QED) is 0.411. The molecule has 0 saturated carbocycles. The minimum Gasteiger partial charge on any atom is -0.547 e. The number of rotatable bonds is 4. The van der Waals surface area contributed by atoms with Crippen LogP contribution in [0.2, 0.25) is 0 Å². The molecule has 0 fully saturated rings. The molecular formula is C27H18Al2O12. The van der Waals surface area contributed by atoms with E-state index in [9.17, 15) is 28.8 Å². The van der Waals surface area contributed by atoms with Crippen LogP contribution < -0.4 is 0 Å². The van der Waals surface area contributed by atoms with Crippen LogP contribution in [0.25, 0.3) is 0 Å². The Morgan fingerprint density at radius 1 is 0.561 bits per heavy atom. The van der Waals surface area contributed by atoms with Gasteiger partial charge in [-0.2, -0.15) is 0 Å². The first-order valence-electron chi connectivity index (χ1n) is 12.1. The highest BCUT2D eigenvalue weighted by atomic mass is 27.3. The van der Waals surface area contributed by atoms with Gasteiger partial charge in [-0.3, -0.25) is 0 Å². The molecule has 14 heteroatoms. The van der Waals surface area contributed by atoms with Gasteiger partial charge in [0.25, 0.3) is 0 Å². The van der Waals surface area contributed by atoms with E-state index < -0.39 is 66.1 Å². The van der Waals surface area contributed by atoms with Crippen LogP contribution in [0.15, 0.2) is 54.6 Å². The molecule has 3 aromatic rings. The number of benzene rings is 3. The topological polar surface area (TPSA) is 158 Å². The predicted octanol–water partition coefficient (Wildman–Crippen LogP) is 2.95. The summed E-state index contributed by atoms with van der Waals surface area (Å²) in [6.45, 7) is 4.76. The Bertz CT molecular complexity index is 1660. The highest BCUT2D eigenvalue weighted by Crippen LogP contribution is 2.21. The Kier molecular flexibility index (Phi) is 7.67. The van der Waals surface area contributed by atoms with Crippen LogP contribution in [0, 0.1) is 20.8 Å². The molecule has 0 spiro atoms. The van der Waals surface area contributed by atoms with Crippen molar-refractivity contribution in [3.63, 3.8) is 0 Å². The third kappa shape index (κ3) is 5.87. The van der Waals surface area contributed by atoms with Crippen LogP contribution >= 0.6 is 0 Å². The molecule has 41 heavy (non-hydrogen) atoms. The Morgan fingerprint density at radius 3 is 1.49 bits per heavy atom. The molecule has 0 amide bonds. The van der Waals surface area contributed by atoms with Gasteiger partial charge in [0, 0.05) is 0 Å². The Labute approximate surface area is 242 Å². The highest BCUT2D eigenvalue weighted by molar-refractivity contribution is 6.46. The van der Waals surface area contributed by atoms with Gasteiger partial charge in [0.2, 0.25) is 0 Å².